The van der Waals surface area contributed by atoms with E-state index in [0.29, 0.717) is 0 Å². The molecule has 2 aromatic rings. The second-order valence-electron chi connectivity index (χ2n) is 4.47. The second-order valence-corrected chi connectivity index (χ2v) is 5.42. The smallest absolute Gasteiger partial charge is 0.243 e. The van der Waals surface area contributed by atoms with E-state index in [1.165, 1.54) is 0 Å². The Kier molecular flexibility index (Phi) is 3.81. The average molecular weight is 263 g/mol. The summed E-state index contributed by atoms with van der Waals surface area (Å²) in [5.74, 6) is 0.859. The van der Waals surface area contributed by atoms with E-state index in [4.69, 9.17) is 0 Å². The third kappa shape index (κ3) is 2.61. The van der Waals surface area contributed by atoms with Crippen molar-refractivity contribution in [3.63, 3.8) is 0 Å². The lowest BCUT2D eigenvalue weighted by Crippen LogP contribution is -2.35. The minimum atomic E-state index is -0.257. The molecule has 4 nitrogen and oxygen atoms in total. The Morgan fingerprint density at radius 1 is 1.44 bits per heavy atom. The van der Waals surface area contributed by atoms with Gasteiger partial charge in [0.1, 0.15) is 6.04 Å². The van der Waals surface area contributed by atoms with Crippen LogP contribution in [0.4, 0.5) is 0 Å². The Morgan fingerprint density at radius 3 is 2.83 bits per heavy atom. The Morgan fingerprint density at radius 2 is 2.22 bits per heavy atom. The summed E-state index contributed by atoms with van der Waals surface area (Å²) in [7, 11) is 0. The van der Waals surface area contributed by atoms with Crippen LogP contribution in [-0.4, -0.2) is 21.5 Å². The molecule has 1 unspecified atom stereocenters. The minimum Gasteiger partial charge on any atom is -0.352 e. The molecule has 0 aromatic carbocycles. The predicted octanol–water partition coefficient (Wildman–Crippen LogP) is 2.70. The Labute approximate surface area is 111 Å². The lowest BCUT2D eigenvalue weighted by Gasteiger charge is -2.17. The molecule has 0 bridgehead atoms. The van der Waals surface area contributed by atoms with Gasteiger partial charge < -0.3 is 9.88 Å². The number of aromatic nitrogens is 2. The van der Waals surface area contributed by atoms with Crippen LogP contribution < -0.4 is 5.32 Å². The van der Waals surface area contributed by atoms with Crippen molar-refractivity contribution in [2.24, 2.45) is 0 Å². The van der Waals surface area contributed by atoms with Crippen LogP contribution in [0.1, 0.15) is 26.8 Å². The van der Waals surface area contributed by atoms with Crippen molar-refractivity contribution in [3.8, 4) is 10.7 Å². The molecule has 1 amide bonds. The van der Waals surface area contributed by atoms with Crippen molar-refractivity contribution in [3.05, 3.63) is 29.9 Å². The molecule has 0 fully saturated rings. The summed E-state index contributed by atoms with van der Waals surface area (Å²) < 4.78 is 1.91. The first-order chi connectivity index (χ1) is 8.59. The molecule has 0 aliphatic rings. The molecule has 1 N–H and O–H groups in total. The van der Waals surface area contributed by atoms with E-state index in [9.17, 15) is 4.79 Å². The van der Waals surface area contributed by atoms with Gasteiger partial charge >= 0.3 is 0 Å². The molecule has 0 saturated heterocycles. The number of rotatable bonds is 4. The maximum atomic E-state index is 12.0. The molecular formula is C13H17N3OS. The fraction of sp³-hybridized carbons (Fsp3) is 0.385. The third-order valence-electron chi connectivity index (χ3n) is 2.64. The van der Waals surface area contributed by atoms with E-state index < -0.39 is 0 Å². The number of imidazole rings is 1. The van der Waals surface area contributed by atoms with Crippen LogP contribution >= 0.6 is 11.3 Å². The van der Waals surface area contributed by atoms with Crippen LogP contribution in [0.25, 0.3) is 10.7 Å². The van der Waals surface area contributed by atoms with E-state index >= 15 is 0 Å². The number of nitrogens with zero attached hydrogens (tertiary/aromatic N) is 2. The predicted molar refractivity (Wildman–Crippen MR) is 73.5 cm³/mol. The van der Waals surface area contributed by atoms with Crippen molar-refractivity contribution < 1.29 is 4.79 Å². The highest BCUT2D eigenvalue weighted by Gasteiger charge is 2.19. The van der Waals surface area contributed by atoms with Crippen LogP contribution in [0.2, 0.25) is 0 Å². The van der Waals surface area contributed by atoms with Crippen molar-refractivity contribution in [1.29, 1.82) is 0 Å². The summed E-state index contributed by atoms with van der Waals surface area (Å²) in [5.41, 5.74) is 0. The molecule has 2 aromatic heterocycles. The van der Waals surface area contributed by atoms with Crippen LogP contribution in [0.15, 0.2) is 29.9 Å². The Bertz CT molecular complexity index is 516. The van der Waals surface area contributed by atoms with Crippen molar-refractivity contribution in [1.82, 2.24) is 14.9 Å². The normalized spacial score (nSPS) is 12.7. The largest absolute Gasteiger partial charge is 0.352 e. The molecule has 2 rings (SSSR count). The van der Waals surface area contributed by atoms with Gasteiger partial charge in [-0.2, -0.15) is 0 Å². The Balaban J connectivity index is 2.24. The summed E-state index contributed by atoms with van der Waals surface area (Å²) in [4.78, 5) is 17.4. The molecule has 0 spiro atoms. The highest BCUT2D eigenvalue weighted by Crippen LogP contribution is 2.25. The van der Waals surface area contributed by atoms with Gasteiger partial charge in [0.25, 0.3) is 0 Å². The fourth-order valence-electron chi connectivity index (χ4n) is 1.75. The summed E-state index contributed by atoms with van der Waals surface area (Å²) in [6, 6.07) is 3.88. The number of thiophene rings is 1. The number of carbonyl (C=O) groups excluding carboxylic acids is 1. The zero-order valence-electron chi connectivity index (χ0n) is 10.8. The molecular weight excluding hydrogens is 246 g/mol. The molecule has 96 valence electrons. The third-order valence-corrected chi connectivity index (χ3v) is 3.50. The highest BCUT2D eigenvalue weighted by molar-refractivity contribution is 7.13. The average Bonchev–Trinajstić information content (AvgIpc) is 2.97. The highest BCUT2D eigenvalue weighted by atomic mass is 32.1. The van der Waals surface area contributed by atoms with Gasteiger partial charge in [-0.15, -0.1) is 11.3 Å². The van der Waals surface area contributed by atoms with Crippen molar-refractivity contribution >= 4 is 17.2 Å². The van der Waals surface area contributed by atoms with E-state index in [-0.39, 0.29) is 18.0 Å². The van der Waals surface area contributed by atoms with Crippen LogP contribution in [-0.2, 0) is 4.79 Å². The molecule has 5 heteroatoms. The number of carbonyl (C=O) groups is 1. The maximum Gasteiger partial charge on any atom is 0.243 e. The van der Waals surface area contributed by atoms with Crippen LogP contribution in [0.3, 0.4) is 0 Å². The lowest BCUT2D eigenvalue weighted by atomic mass is 10.2. The molecule has 0 aliphatic heterocycles. The van der Waals surface area contributed by atoms with E-state index in [0.717, 1.165) is 10.7 Å². The van der Waals surface area contributed by atoms with Crippen molar-refractivity contribution in [2.75, 3.05) is 0 Å². The van der Waals surface area contributed by atoms with Gasteiger partial charge in [-0.3, -0.25) is 4.79 Å². The fourth-order valence-corrected chi connectivity index (χ4v) is 2.48. The molecule has 0 saturated carbocycles. The molecule has 1 atom stereocenters. The SMILES string of the molecule is CC(C)NC(=O)C(C)n1ccnc1-c1cccs1. The second kappa shape index (κ2) is 5.35. The summed E-state index contributed by atoms with van der Waals surface area (Å²) in [5, 5.41) is 4.93. The number of amides is 1. The van der Waals surface area contributed by atoms with E-state index in [1.54, 1.807) is 17.5 Å². The molecule has 0 radical (unpaired) electrons. The molecule has 18 heavy (non-hydrogen) atoms. The summed E-state index contributed by atoms with van der Waals surface area (Å²) in [6.07, 6.45) is 3.58. The van der Waals surface area contributed by atoms with E-state index in [2.05, 4.69) is 10.3 Å². The topological polar surface area (TPSA) is 46.9 Å². The molecule has 0 aliphatic carbocycles. The van der Waals surface area contributed by atoms with E-state index in [1.807, 2.05) is 49.0 Å². The first-order valence-electron chi connectivity index (χ1n) is 5.96. The quantitative estimate of drug-likeness (QED) is 0.922. The van der Waals surface area contributed by atoms with Gasteiger partial charge in [-0.1, -0.05) is 6.07 Å². The van der Waals surface area contributed by atoms with Gasteiger partial charge in [0.2, 0.25) is 5.91 Å². The zero-order chi connectivity index (χ0) is 13.1. The lowest BCUT2D eigenvalue weighted by molar-refractivity contribution is -0.124. The number of nitrogens with one attached hydrogen (secondary N) is 1. The van der Waals surface area contributed by atoms with Gasteiger partial charge in [-0.25, -0.2) is 4.98 Å². The van der Waals surface area contributed by atoms with Crippen molar-refractivity contribution in [2.45, 2.75) is 32.9 Å². The molecule has 2 heterocycles. The van der Waals surface area contributed by atoms with Gasteiger partial charge in [-0.05, 0) is 32.2 Å². The summed E-state index contributed by atoms with van der Waals surface area (Å²) in [6.45, 7) is 5.80. The van der Waals surface area contributed by atoms with Crippen LogP contribution in [0, 0.1) is 0 Å². The number of hydrogen-bond donors (Lipinski definition) is 1. The van der Waals surface area contributed by atoms with Crippen LogP contribution in [0.5, 0.6) is 0 Å². The van der Waals surface area contributed by atoms with Gasteiger partial charge in [0, 0.05) is 18.4 Å². The van der Waals surface area contributed by atoms with Gasteiger partial charge in [0.15, 0.2) is 5.82 Å². The summed E-state index contributed by atoms with van der Waals surface area (Å²) >= 11 is 1.62. The van der Waals surface area contributed by atoms with Gasteiger partial charge in [0.05, 0.1) is 4.88 Å². The standard InChI is InChI=1S/C13H17N3OS/c1-9(2)15-13(17)10(3)16-7-6-14-12(16)11-5-4-8-18-11/h4-10H,1-3H3,(H,15,17). The first kappa shape index (κ1) is 12.8. The first-order valence-corrected chi connectivity index (χ1v) is 6.84. The maximum absolute atomic E-state index is 12.0. The minimum absolute atomic E-state index is 0.0146. The monoisotopic (exact) mass is 263 g/mol. The number of hydrogen-bond acceptors (Lipinski definition) is 3. The Hall–Kier alpha value is -1.62. The zero-order valence-corrected chi connectivity index (χ0v) is 11.6.